The average Bonchev–Trinajstić information content (AvgIpc) is 2.50. The molecule has 2 aromatic rings. The topological polar surface area (TPSA) is 38.3 Å². The largest absolute Gasteiger partial charge is 0.497 e. The van der Waals surface area contributed by atoms with Crippen molar-refractivity contribution in [3.63, 3.8) is 0 Å². The van der Waals surface area contributed by atoms with E-state index in [-0.39, 0.29) is 5.91 Å². The maximum atomic E-state index is 11.3. The van der Waals surface area contributed by atoms with Crippen LogP contribution in [0.25, 0.3) is 10.8 Å². The molecule has 1 N–H and O–H groups in total. The van der Waals surface area contributed by atoms with Crippen LogP contribution in [0.5, 0.6) is 5.75 Å². The van der Waals surface area contributed by atoms with E-state index in [0.29, 0.717) is 11.0 Å². The number of hydrogen-bond donors (Lipinski definition) is 1. The molecule has 0 fully saturated rings. The van der Waals surface area contributed by atoms with Gasteiger partial charge in [-0.3, -0.25) is 4.79 Å². The van der Waals surface area contributed by atoms with Crippen LogP contribution in [0, 0.1) is 0 Å². The van der Waals surface area contributed by atoms with Crippen LogP contribution in [0.4, 0.5) is 0 Å². The van der Waals surface area contributed by atoms with E-state index in [2.05, 4.69) is 36.5 Å². The lowest BCUT2D eigenvalue weighted by Gasteiger charge is -2.12. The Balaban J connectivity index is 2.16. The van der Waals surface area contributed by atoms with E-state index in [9.17, 15) is 4.79 Å². The molecule has 0 aliphatic rings. The predicted molar refractivity (Wildman–Crippen MR) is 85.4 cm³/mol. The molecule has 20 heavy (non-hydrogen) atoms. The van der Waals surface area contributed by atoms with Gasteiger partial charge in [0.15, 0.2) is 0 Å². The summed E-state index contributed by atoms with van der Waals surface area (Å²) in [6.07, 6.45) is 0. The van der Waals surface area contributed by atoms with Crippen LogP contribution in [0.1, 0.15) is 17.7 Å². The highest BCUT2D eigenvalue weighted by atomic mass is 32.2. The van der Waals surface area contributed by atoms with Crippen molar-refractivity contribution in [1.29, 1.82) is 0 Å². The molecule has 1 atom stereocenters. The Hall–Kier alpha value is -1.68. The summed E-state index contributed by atoms with van der Waals surface area (Å²) < 4.78 is 5.23. The molecule has 0 aromatic heterocycles. The first-order valence-electron chi connectivity index (χ1n) is 6.54. The Labute approximate surface area is 123 Å². The lowest BCUT2D eigenvalue weighted by Crippen LogP contribution is -2.20. The van der Waals surface area contributed by atoms with Gasteiger partial charge in [-0.1, -0.05) is 24.3 Å². The molecular formula is C16H19NO2S. The molecule has 0 bridgehead atoms. The summed E-state index contributed by atoms with van der Waals surface area (Å²) >= 11 is 1.64. The number of ether oxygens (including phenoxy) is 1. The fourth-order valence-electron chi connectivity index (χ4n) is 1.99. The number of thioether (sulfide) groups is 1. The Morgan fingerprint density at radius 1 is 1.25 bits per heavy atom. The first-order valence-corrected chi connectivity index (χ1v) is 7.59. The van der Waals surface area contributed by atoms with Crippen molar-refractivity contribution >= 4 is 28.4 Å². The molecule has 0 heterocycles. The first kappa shape index (κ1) is 14.7. The lowest BCUT2D eigenvalue weighted by molar-refractivity contribution is -0.118. The minimum Gasteiger partial charge on any atom is -0.497 e. The molecule has 4 heteroatoms. The fourth-order valence-corrected chi connectivity index (χ4v) is 2.88. The van der Waals surface area contributed by atoms with E-state index in [4.69, 9.17) is 4.74 Å². The standard InChI is InChI=1S/C16H19NO2S/c1-11(20-10-16(18)17-2)12-4-5-14-9-15(19-3)7-6-13(14)8-12/h4-9,11H,10H2,1-3H3,(H,17,18). The van der Waals surface area contributed by atoms with Crippen molar-refractivity contribution in [3.8, 4) is 5.75 Å². The van der Waals surface area contributed by atoms with Crippen LogP contribution < -0.4 is 10.1 Å². The van der Waals surface area contributed by atoms with Crippen LogP contribution in [-0.2, 0) is 4.79 Å². The van der Waals surface area contributed by atoms with Gasteiger partial charge in [-0.05, 0) is 35.4 Å². The third-order valence-corrected chi connectivity index (χ3v) is 4.49. The summed E-state index contributed by atoms with van der Waals surface area (Å²) in [5.41, 5.74) is 1.23. The minimum atomic E-state index is 0.0624. The molecule has 0 aliphatic heterocycles. The molecule has 0 radical (unpaired) electrons. The highest BCUT2D eigenvalue weighted by Crippen LogP contribution is 2.31. The van der Waals surface area contributed by atoms with Crippen LogP contribution in [-0.4, -0.2) is 25.8 Å². The molecule has 0 aliphatic carbocycles. The van der Waals surface area contributed by atoms with E-state index in [0.717, 1.165) is 11.1 Å². The second-order valence-electron chi connectivity index (χ2n) is 4.60. The maximum Gasteiger partial charge on any atom is 0.229 e. The Morgan fingerprint density at radius 2 is 1.95 bits per heavy atom. The number of carbonyl (C=O) groups excluding carboxylic acids is 1. The third kappa shape index (κ3) is 3.45. The molecule has 1 amide bonds. The van der Waals surface area contributed by atoms with Crippen molar-refractivity contribution in [3.05, 3.63) is 42.0 Å². The third-order valence-electron chi connectivity index (χ3n) is 3.28. The van der Waals surface area contributed by atoms with E-state index in [1.54, 1.807) is 25.9 Å². The van der Waals surface area contributed by atoms with Gasteiger partial charge < -0.3 is 10.1 Å². The molecule has 1 unspecified atom stereocenters. The fraction of sp³-hybridized carbons (Fsp3) is 0.312. The van der Waals surface area contributed by atoms with Crippen molar-refractivity contribution in [1.82, 2.24) is 5.32 Å². The smallest absolute Gasteiger partial charge is 0.229 e. The summed E-state index contributed by atoms with van der Waals surface area (Å²) in [6.45, 7) is 2.12. The SMILES string of the molecule is CNC(=O)CSC(C)c1ccc2cc(OC)ccc2c1. The Bertz CT molecular complexity index is 612. The van der Waals surface area contributed by atoms with Crippen molar-refractivity contribution in [2.45, 2.75) is 12.2 Å². The van der Waals surface area contributed by atoms with Gasteiger partial charge in [0.1, 0.15) is 5.75 Å². The number of fused-ring (bicyclic) bond motifs is 1. The second-order valence-corrected chi connectivity index (χ2v) is 5.93. The molecule has 0 spiro atoms. The van der Waals surface area contributed by atoms with Gasteiger partial charge in [-0.2, -0.15) is 0 Å². The average molecular weight is 289 g/mol. The molecule has 2 rings (SSSR count). The van der Waals surface area contributed by atoms with Gasteiger partial charge in [-0.25, -0.2) is 0 Å². The van der Waals surface area contributed by atoms with E-state index in [1.807, 2.05) is 12.1 Å². The van der Waals surface area contributed by atoms with Crippen LogP contribution in [0.2, 0.25) is 0 Å². The van der Waals surface area contributed by atoms with Crippen molar-refractivity contribution in [2.75, 3.05) is 19.9 Å². The number of benzene rings is 2. The van der Waals surface area contributed by atoms with Crippen LogP contribution >= 0.6 is 11.8 Å². The molecule has 2 aromatic carbocycles. The lowest BCUT2D eigenvalue weighted by atomic mass is 10.1. The molecule has 0 saturated heterocycles. The predicted octanol–water partition coefficient (Wildman–Crippen LogP) is 3.39. The summed E-state index contributed by atoms with van der Waals surface area (Å²) in [6, 6.07) is 12.5. The number of amides is 1. The zero-order chi connectivity index (χ0) is 14.5. The number of rotatable bonds is 5. The van der Waals surface area contributed by atoms with Gasteiger partial charge in [0.25, 0.3) is 0 Å². The monoisotopic (exact) mass is 289 g/mol. The second kappa shape index (κ2) is 6.66. The van der Waals surface area contributed by atoms with E-state index in [1.165, 1.54) is 10.9 Å². The number of hydrogen-bond acceptors (Lipinski definition) is 3. The highest BCUT2D eigenvalue weighted by Gasteiger charge is 2.09. The van der Waals surface area contributed by atoms with Gasteiger partial charge in [0.05, 0.1) is 12.9 Å². The summed E-state index contributed by atoms with van der Waals surface area (Å²) in [7, 11) is 3.34. The van der Waals surface area contributed by atoms with Gasteiger partial charge >= 0.3 is 0 Å². The Morgan fingerprint density at radius 3 is 2.65 bits per heavy atom. The number of nitrogens with one attached hydrogen (secondary N) is 1. The summed E-state index contributed by atoms with van der Waals surface area (Å²) in [5, 5.41) is 5.28. The van der Waals surface area contributed by atoms with E-state index < -0.39 is 0 Å². The van der Waals surface area contributed by atoms with Gasteiger partial charge in [0.2, 0.25) is 5.91 Å². The Kier molecular flexibility index (Phi) is 4.90. The quantitative estimate of drug-likeness (QED) is 0.917. The van der Waals surface area contributed by atoms with Crippen LogP contribution in [0.3, 0.4) is 0 Å². The number of carbonyl (C=O) groups is 1. The van der Waals surface area contributed by atoms with Gasteiger partial charge in [-0.15, -0.1) is 11.8 Å². The molecule has 0 saturated carbocycles. The minimum absolute atomic E-state index is 0.0624. The normalized spacial score (nSPS) is 12.2. The van der Waals surface area contributed by atoms with E-state index >= 15 is 0 Å². The highest BCUT2D eigenvalue weighted by molar-refractivity contribution is 8.00. The molecular weight excluding hydrogens is 270 g/mol. The van der Waals surface area contributed by atoms with Crippen LogP contribution in [0.15, 0.2) is 36.4 Å². The first-order chi connectivity index (χ1) is 9.63. The molecule has 3 nitrogen and oxygen atoms in total. The zero-order valence-electron chi connectivity index (χ0n) is 12.0. The maximum absolute atomic E-state index is 11.3. The zero-order valence-corrected chi connectivity index (χ0v) is 12.8. The summed E-state index contributed by atoms with van der Waals surface area (Å²) in [4.78, 5) is 11.3. The number of methoxy groups -OCH3 is 1. The molecule has 106 valence electrons. The van der Waals surface area contributed by atoms with Gasteiger partial charge in [0, 0.05) is 12.3 Å². The van der Waals surface area contributed by atoms with Crippen molar-refractivity contribution in [2.24, 2.45) is 0 Å². The van der Waals surface area contributed by atoms with Crippen molar-refractivity contribution < 1.29 is 9.53 Å². The summed E-state index contributed by atoms with van der Waals surface area (Å²) in [5.74, 6) is 1.41.